The molecule has 0 radical (unpaired) electrons. The zero-order valence-electron chi connectivity index (χ0n) is 7.97. The zero-order chi connectivity index (χ0) is 9.68. The second-order valence-corrected chi connectivity index (χ2v) is 3.92. The van der Waals surface area contributed by atoms with Gasteiger partial charge < -0.3 is 5.11 Å². The minimum Gasteiger partial charge on any atom is -0.387 e. The number of aliphatic hydroxyl groups is 1. The van der Waals surface area contributed by atoms with Gasteiger partial charge in [0.15, 0.2) is 0 Å². The van der Waals surface area contributed by atoms with E-state index in [0.29, 0.717) is 0 Å². The molecule has 1 aromatic rings. The lowest BCUT2D eigenvalue weighted by Gasteiger charge is -2.08. The third-order valence-corrected chi connectivity index (χ3v) is 2.61. The van der Waals surface area contributed by atoms with Crippen LogP contribution >= 0.6 is 11.8 Å². The lowest BCUT2D eigenvalue weighted by atomic mass is 10.1. The molecule has 13 heavy (non-hydrogen) atoms. The summed E-state index contributed by atoms with van der Waals surface area (Å²) in [4.78, 5) is 0. The highest BCUT2D eigenvalue weighted by Gasteiger charge is 2.11. The van der Waals surface area contributed by atoms with Crippen molar-refractivity contribution in [2.24, 2.45) is 7.05 Å². The van der Waals surface area contributed by atoms with Gasteiger partial charge in [-0.15, -0.1) is 5.10 Å². The van der Waals surface area contributed by atoms with E-state index >= 15 is 0 Å². The summed E-state index contributed by atoms with van der Waals surface area (Å²) >= 11 is 1.80. The van der Waals surface area contributed by atoms with E-state index in [9.17, 15) is 5.11 Å². The molecule has 5 heteroatoms. The second-order valence-electron chi connectivity index (χ2n) is 2.93. The van der Waals surface area contributed by atoms with Crippen LogP contribution in [0.2, 0.25) is 0 Å². The van der Waals surface area contributed by atoms with Crippen molar-refractivity contribution in [1.29, 1.82) is 0 Å². The molecular weight excluding hydrogens is 186 g/mol. The van der Waals surface area contributed by atoms with Gasteiger partial charge in [-0.3, -0.25) is 0 Å². The van der Waals surface area contributed by atoms with Gasteiger partial charge in [0, 0.05) is 7.05 Å². The lowest BCUT2D eigenvalue weighted by Crippen LogP contribution is -2.05. The molecule has 74 valence electrons. The molecule has 1 rings (SSSR count). The average molecular weight is 201 g/mol. The molecule has 0 aliphatic heterocycles. The molecule has 0 aromatic carbocycles. The third kappa shape index (κ3) is 3.00. The van der Waals surface area contributed by atoms with Crippen molar-refractivity contribution in [2.75, 3.05) is 12.0 Å². The van der Waals surface area contributed by atoms with Crippen molar-refractivity contribution in [3.05, 3.63) is 11.9 Å². The predicted molar refractivity (Wildman–Crippen MR) is 53.6 cm³/mol. The van der Waals surface area contributed by atoms with Gasteiger partial charge in [0.1, 0.15) is 0 Å². The molecule has 4 nitrogen and oxygen atoms in total. The normalized spacial score (nSPS) is 13.2. The maximum absolute atomic E-state index is 9.71. The molecule has 0 aliphatic carbocycles. The Morgan fingerprint density at radius 2 is 2.46 bits per heavy atom. The molecule has 1 unspecified atom stereocenters. The summed E-state index contributed by atoms with van der Waals surface area (Å²) in [7, 11) is 1.79. The van der Waals surface area contributed by atoms with Crippen LogP contribution in [0, 0.1) is 0 Å². The van der Waals surface area contributed by atoms with Crippen LogP contribution in [-0.4, -0.2) is 32.1 Å². The van der Waals surface area contributed by atoms with Crippen molar-refractivity contribution < 1.29 is 5.11 Å². The summed E-state index contributed by atoms with van der Waals surface area (Å²) in [6, 6.07) is 0. The Balaban J connectivity index is 2.39. The summed E-state index contributed by atoms with van der Waals surface area (Å²) in [5.41, 5.74) is 0.793. The van der Waals surface area contributed by atoms with E-state index in [4.69, 9.17) is 0 Å². The van der Waals surface area contributed by atoms with E-state index in [0.717, 1.165) is 24.3 Å². The quantitative estimate of drug-likeness (QED) is 0.722. The van der Waals surface area contributed by atoms with Crippen LogP contribution in [0.15, 0.2) is 6.20 Å². The highest BCUT2D eigenvalue weighted by Crippen LogP contribution is 2.16. The molecule has 0 saturated heterocycles. The first kappa shape index (κ1) is 10.5. The van der Waals surface area contributed by atoms with Gasteiger partial charge in [0.25, 0.3) is 0 Å². The third-order valence-electron chi connectivity index (χ3n) is 1.92. The molecule has 1 aromatic heterocycles. The van der Waals surface area contributed by atoms with E-state index in [1.54, 1.807) is 29.7 Å². The Labute approximate surface area is 82.3 Å². The van der Waals surface area contributed by atoms with Gasteiger partial charge in [-0.05, 0) is 24.9 Å². The van der Waals surface area contributed by atoms with Gasteiger partial charge in [-0.25, -0.2) is 4.68 Å². The summed E-state index contributed by atoms with van der Waals surface area (Å²) in [5, 5.41) is 17.2. The summed E-state index contributed by atoms with van der Waals surface area (Å²) < 4.78 is 1.61. The Hall–Kier alpha value is -0.550. The number of hydrogen-bond donors (Lipinski definition) is 1. The van der Waals surface area contributed by atoms with Crippen LogP contribution in [0.4, 0.5) is 0 Å². The lowest BCUT2D eigenvalue weighted by molar-refractivity contribution is 0.157. The monoisotopic (exact) mass is 201 g/mol. The zero-order valence-corrected chi connectivity index (χ0v) is 8.79. The van der Waals surface area contributed by atoms with Crippen LogP contribution in [0.25, 0.3) is 0 Å². The highest BCUT2D eigenvalue weighted by molar-refractivity contribution is 7.98. The SMILES string of the molecule is CSCCCC(O)c1cnnn1C. The van der Waals surface area contributed by atoms with E-state index in [2.05, 4.69) is 16.6 Å². The van der Waals surface area contributed by atoms with Crippen LogP contribution in [0.1, 0.15) is 24.6 Å². The Kier molecular flexibility index (Phi) is 4.24. The molecule has 0 bridgehead atoms. The van der Waals surface area contributed by atoms with Gasteiger partial charge in [0.2, 0.25) is 0 Å². The van der Waals surface area contributed by atoms with Crippen molar-refractivity contribution in [3.63, 3.8) is 0 Å². The number of rotatable bonds is 5. The maximum atomic E-state index is 9.71. The number of thioether (sulfide) groups is 1. The number of aryl methyl sites for hydroxylation is 1. The topological polar surface area (TPSA) is 50.9 Å². The molecule has 0 spiro atoms. The predicted octanol–water partition coefficient (Wildman–Crippen LogP) is 0.992. The van der Waals surface area contributed by atoms with E-state index in [1.807, 2.05) is 0 Å². The Morgan fingerprint density at radius 3 is 3.00 bits per heavy atom. The first-order valence-electron chi connectivity index (χ1n) is 4.27. The van der Waals surface area contributed by atoms with Gasteiger partial charge in [-0.2, -0.15) is 11.8 Å². The molecular formula is C8H15N3OS. The second kappa shape index (κ2) is 5.24. The fourth-order valence-corrected chi connectivity index (χ4v) is 1.62. The number of nitrogens with zero attached hydrogens (tertiary/aromatic N) is 3. The Morgan fingerprint density at radius 1 is 1.69 bits per heavy atom. The number of aromatic nitrogens is 3. The van der Waals surface area contributed by atoms with Crippen LogP contribution in [0.5, 0.6) is 0 Å². The first-order valence-corrected chi connectivity index (χ1v) is 5.66. The molecule has 0 aliphatic rings. The van der Waals surface area contributed by atoms with Gasteiger partial charge >= 0.3 is 0 Å². The molecule has 1 atom stereocenters. The van der Waals surface area contributed by atoms with E-state index < -0.39 is 6.10 Å². The van der Waals surface area contributed by atoms with E-state index in [1.165, 1.54) is 0 Å². The largest absolute Gasteiger partial charge is 0.387 e. The number of hydrogen-bond acceptors (Lipinski definition) is 4. The van der Waals surface area contributed by atoms with Crippen LogP contribution < -0.4 is 0 Å². The minimum atomic E-state index is -0.424. The first-order chi connectivity index (χ1) is 6.25. The van der Waals surface area contributed by atoms with Crippen molar-refractivity contribution in [1.82, 2.24) is 15.0 Å². The molecule has 1 heterocycles. The summed E-state index contributed by atoms with van der Waals surface area (Å²) in [6.45, 7) is 0. The average Bonchev–Trinajstić information content (AvgIpc) is 2.52. The van der Waals surface area contributed by atoms with Gasteiger partial charge in [0.05, 0.1) is 18.0 Å². The Bertz CT molecular complexity index is 251. The molecule has 0 amide bonds. The molecule has 0 fully saturated rings. The highest BCUT2D eigenvalue weighted by atomic mass is 32.2. The van der Waals surface area contributed by atoms with Crippen LogP contribution in [0.3, 0.4) is 0 Å². The molecule has 1 N–H and O–H groups in total. The summed E-state index contributed by atoms with van der Waals surface area (Å²) in [6.07, 6.45) is 5.06. The standard InChI is InChI=1S/C8H15N3OS/c1-11-7(6-9-10-11)8(12)4-3-5-13-2/h6,8,12H,3-5H2,1-2H3. The van der Waals surface area contributed by atoms with Gasteiger partial charge in [-0.1, -0.05) is 5.21 Å². The fourth-order valence-electron chi connectivity index (χ4n) is 1.17. The smallest absolute Gasteiger partial charge is 0.0973 e. The summed E-state index contributed by atoms with van der Waals surface area (Å²) in [5.74, 6) is 1.09. The van der Waals surface area contributed by atoms with Crippen molar-refractivity contribution in [2.45, 2.75) is 18.9 Å². The fraction of sp³-hybridized carbons (Fsp3) is 0.750. The van der Waals surface area contributed by atoms with E-state index in [-0.39, 0.29) is 0 Å². The van der Waals surface area contributed by atoms with Crippen molar-refractivity contribution >= 4 is 11.8 Å². The maximum Gasteiger partial charge on any atom is 0.0973 e. The number of aliphatic hydroxyl groups excluding tert-OH is 1. The van der Waals surface area contributed by atoms with Crippen LogP contribution in [-0.2, 0) is 7.05 Å². The minimum absolute atomic E-state index is 0.424. The van der Waals surface area contributed by atoms with Crippen molar-refractivity contribution in [3.8, 4) is 0 Å². The molecule has 0 saturated carbocycles.